The van der Waals surface area contributed by atoms with Gasteiger partial charge >= 0.3 is 0 Å². The molecular formula is C17H21N3O. The summed E-state index contributed by atoms with van der Waals surface area (Å²) < 4.78 is 0. The Balaban J connectivity index is 1.59. The highest BCUT2D eigenvalue weighted by Gasteiger charge is 2.45. The van der Waals surface area contributed by atoms with E-state index in [1.54, 1.807) is 0 Å². The second-order valence-electron chi connectivity index (χ2n) is 6.46. The number of oxime groups is 1. The van der Waals surface area contributed by atoms with E-state index in [9.17, 15) is 0 Å². The summed E-state index contributed by atoms with van der Waals surface area (Å²) in [4.78, 5) is 8.20. The molecule has 0 radical (unpaired) electrons. The highest BCUT2D eigenvalue weighted by atomic mass is 16.7. The summed E-state index contributed by atoms with van der Waals surface area (Å²) >= 11 is 0. The predicted octanol–water partition coefficient (Wildman–Crippen LogP) is 2.94. The van der Waals surface area contributed by atoms with Crippen LogP contribution in [0.2, 0.25) is 0 Å². The normalized spacial score (nSPS) is 25.1. The van der Waals surface area contributed by atoms with Gasteiger partial charge in [0.2, 0.25) is 0 Å². The maximum absolute atomic E-state index is 8.83. The van der Waals surface area contributed by atoms with Crippen LogP contribution in [-0.2, 0) is 11.4 Å². The van der Waals surface area contributed by atoms with Crippen molar-refractivity contribution in [3.63, 3.8) is 0 Å². The lowest BCUT2D eigenvalue weighted by molar-refractivity contribution is -0.0104. The molecule has 1 saturated heterocycles. The Morgan fingerprint density at radius 1 is 1.38 bits per heavy atom. The first-order valence-corrected chi connectivity index (χ1v) is 7.57. The molecule has 0 amide bonds. The SMILES string of the molecule is CC(C)C1=NOC2(CCN(Cc3ccc(C#N)cc3)C2)C1. The molecule has 2 heterocycles. The Bertz CT molecular complexity index is 585. The molecule has 0 bridgehead atoms. The molecule has 1 spiro atoms. The zero-order valence-electron chi connectivity index (χ0n) is 12.7. The highest BCUT2D eigenvalue weighted by Crippen LogP contribution is 2.35. The van der Waals surface area contributed by atoms with Gasteiger partial charge in [-0.15, -0.1) is 0 Å². The molecule has 1 aromatic carbocycles. The topological polar surface area (TPSA) is 48.6 Å². The Hall–Kier alpha value is -1.86. The second kappa shape index (κ2) is 5.50. The Morgan fingerprint density at radius 2 is 2.14 bits per heavy atom. The minimum absolute atomic E-state index is 0.0911. The predicted molar refractivity (Wildman–Crippen MR) is 81.8 cm³/mol. The van der Waals surface area contributed by atoms with Crippen LogP contribution in [0.15, 0.2) is 29.4 Å². The fourth-order valence-corrected chi connectivity index (χ4v) is 3.08. The van der Waals surface area contributed by atoms with Gasteiger partial charge in [0.1, 0.15) is 0 Å². The van der Waals surface area contributed by atoms with Gasteiger partial charge in [-0.2, -0.15) is 5.26 Å². The van der Waals surface area contributed by atoms with Crippen molar-refractivity contribution in [1.82, 2.24) is 4.90 Å². The zero-order chi connectivity index (χ0) is 14.9. The summed E-state index contributed by atoms with van der Waals surface area (Å²) in [6.45, 7) is 7.23. The molecule has 21 heavy (non-hydrogen) atoms. The van der Waals surface area contributed by atoms with Gasteiger partial charge in [0.25, 0.3) is 0 Å². The van der Waals surface area contributed by atoms with Gasteiger partial charge in [-0.25, -0.2) is 0 Å². The van der Waals surface area contributed by atoms with Crippen molar-refractivity contribution >= 4 is 5.71 Å². The van der Waals surface area contributed by atoms with Crippen molar-refractivity contribution in [1.29, 1.82) is 5.26 Å². The lowest BCUT2D eigenvalue weighted by Crippen LogP contribution is -2.33. The number of hydrogen-bond acceptors (Lipinski definition) is 4. The summed E-state index contributed by atoms with van der Waals surface area (Å²) in [5, 5.41) is 13.1. The molecule has 1 atom stereocenters. The van der Waals surface area contributed by atoms with E-state index in [-0.39, 0.29) is 5.60 Å². The van der Waals surface area contributed by atoms with Gasteiger partial charge in [0.05, 0.1) is 17.3 Å². The van der Waals surface area contributed by atoms with Crippen molar-refractivity contribution < 1.29 is 4.84 Å². The summed E-state index contributed by atoms with van der Waals surface area (Å²) in [5.74, 6) is 0.469. The number of nitrogens with zero attached hydrogens (tertiary/aromatic N) is 3. The third-order valence-corrected chi connectivity index (χ3v) is 4.41. The van der Waals surface area contributed by atoms with E-state index < -0.39 is 0 Å². The van der Waals surface area contributed by atoms with Crippen LogP contribution in [0.25, 0.3) is 0 Å². The smallest absolute Gasteiger partial charge is 0.156 e. The van der Waals surface area contributed by atoms with Crippen LogP contribution in [0.1, 0.15) is 37.8 Å². The zero-order valence-corrected chi connectivity index (χ0v) is 12.7. The van der Waals surface area contributed by atoms with E-state index in [1.165, 1.54) is 11.3 Å². The Labute approximate surface area is 126 Å². The molecule has 0 aliphatic carbocycles. The van der Waals surface area contributed by atoms with Crippen LogP contribution in [-0.4, -0.2) is 29.3 Å². The van der Waals surface area contributed by atoms with Crippen LogP contribution < -0.4 is 0 Å². The van der Waals surface area contributed by atoms with Crippen molar-refractivity contribution in [2.24, 2.45) is 11.1 Å². The molecule has 2 aliphatic rings. The monoisotopic (exact) mass is 283 g/mol. The van der Waals surface area contributed by atoms with E-state index >= 15 is 0 Å². The largest absolute Gasteiger partial charge is 0.387 e. The molecule has 2 aliphatic heterocycles. The van der Waals surface area contributed by atoms with E-state index in [0.717, 1.165) is 32.5 Å². The Morgan fingerprint density at radius 3 is 2.76 bits per heavy atom. The number of nitriles is 1. The highest BCUT2D eigenvalue weighted by molar-refractivity contribution is 5.87. The van der Waals surface area contributed by atoms with E-state index in [0.29, 0.717) is 11.5 Å². The van der Waals surface area contributed by atoms with Crippen molar-refractivity contribution in [3.8, 4) is 6.07 Å². The molecule has 3 rings (SSSR count). The number of benzene rings is 1. The summed E-state index contributed by atoms with van der Waals surface area (Å²) in [7, 11) is 0. The molecule has 0 N–H and O–H groups in total. The molecule has 4 heteroatoms. The van der Waals surface area contributed by atoms with E-state index in [4.69, 9.17) is 10.1 Å². The number of likely N-dealkylation sites (tertiary alicyclic amines) is 1. The molecule has 1 unspecified atom stereocenters. The summed E-state index contributed by atoms with van der Waals surface area (Å²) in [5.41, 5.74) is 3.06. The van der Waals surface area contributed by atoms with Gasteiger partial charge < -0.3 is 4.84 Å². The minimum atomic E-state index is -0.0911. The molecule has 0 aromatic heterocycles. The lowest BCUT2D eigenvalue weighted by atomic mass is 9.92. The minimum Gasteiger partial charge on any atom is -0.387 e. The van der Waals surface area contributed by atoms with Crippen molar-refractivity contribution in [3.05, 3.63) is 35.4 Å². The van der Waals surface area contributed by atoms with Crippen molar-refractivity contribution in [2.75, 3.05) is 13.1 Å². The maximum Gasteiger partial charge on any atom is 0.156 e. The van der Waals surface area contributed by atoms with Crippen molar-refractivity contribution in [2.45, 2.75) is 38.8 Å². The van der Waals surface area contributed by atoms with Gasteiger partial charge in [0, 0.05) is 32.5 Å². The quantitative estimate of drug-likeness (QED) is 0.857. The molecular weight excluding hydrogens is 262 g/mol. The summed E-state index contributed by atoms with van der Waals surface area (Å²) in [6, 6.07) is 9.99. The molecule has 1 aromatic rings. The van der Waals surface area contributed by atoms with Crippen LogP contribution in [0, 0.1) is 17.2 Å². The third-order valence-electron chi connectivity index (χ3n) is 4.41. The first-order valence-electron chi connectivity index (χ1n) is 7.57. The van der Waals surface area contributed by atoms with Crippen LogP contribution >= 0.6 is 0 Å². The van der Waals surface area contributed by atoms with Gasteiger partial charge in [-0.3, -0.25) is 4.90 Å². The van der Waals surface area contributed by atoms with Gasteiger partial charge in [0.15, 0.2) is 5.60 Å². The second-order valence-corrected chi connectivity index (χ2v) is 6.46. The van der Waals surface area contributed by atoms with Gasteiger partial charge in [-0.1, -0.05) is 31.1 Å². The average molecular weight is 283 g/mol. The van der Waals surface area contributed by atoms with E-state index in [1.807, 2.05) is 24.3 Å². The third kappa shape index (κ3) is 2.93. The molecule has 0 saturated carbocycles. The van der Waals surface area contributed by atoms with Crippen LogP contribution in [0.5, 0.6) is 0 Å². The number of rotatable bonds is 3. The van der Waals surface area contributed by atoms with Gasteiger partial charge in [-0.05, 0) is 23.6 Å². The summed E-state index contributed by atoms with van der Waals surface area (Å²) in [6.07, 6.45) is 2.01. The van der Waals surface area contributed by atoms with Crippen LogP contribution in [0.4, 0.5) is 0 Å². The van der Waals surface area contributed by atoms with Crippen LogP contribution in [0.3, 0.4) is 0 Å². The molecule has 1 fully saturated rings. The molecule has 4 nitrogen and oxygen atoms in total. The average Bonchev–Trinajstić information content (AvgIpc) is 3.08. The maximum atomic E-state index is 8.83. The molecule has 110 valence electrons. The Kier molecular flexibility index (Phi) is 3.69. The first kappa shape index (κ1) is 14.1. The number of hydrogen-bond donors (Lipinski definition) is 0. The fraction of sp³-hybridized carbons (Fsp3) is 0.529. The first-order chi connectivity index (χ1) is 10.1. The van der Waals surface area contributed by atoms with E-state index in [2.05, 4.69) is 30.0 Å². The lowest BCUT2D eigenvalue weighted by Gasteiger charge is -2.22. The standard InChI is InChI=1S/C17H21N3O/c1-13(2)16-9-17(21-19-16)7-8-20(12-17)11-15-5-3-14(10-18)4-6-15/h3-6,13H,7-9,11-12H2,1-2H3. The fourth-order valence-electron chi connectivity index (χ4n) is 3.08.